The Morgan fingerprint density at radius 3 is 2.69 bits per heavy atom. The number of amides is 1. The second-order valence-corrected chi connectivity index (χ2v) is 11.0. The van der Waals surface area contributed by atoms with Crippen molar-refractivity contribution in [2.24, 2.45) is 0 Å². The zero-order valence-corrected chi connectivity index (χ0v) is 24.9. The molecular formula is C33H33F3N8O. The number of carbonyl (C=O) groups excluding carboxylic acids is 1. The lowest BCUT2D eigenvalue weighted by Crippen LogP contribution is -2.34. The van der Waals surface area contributed by atoms with Gasteiger partial charge in [0.25, 0.3) is 5.91 Å². The van der Waals surface area contributed by atoms with E-state index in [2.05, 4.69) is 37.7 Å². The Hall–Kier alpha value is -4.97. The van der Waals surface area contributed by atoms with Crippen LogP contribution < -0.4 is 16.0 Å². The van der Waals surface area contributed by atoms with Crippen LogP contribution in [-0.4, -0.2) is 56.0 Å². The van der Waals surface area contributed by atoms with E-state index in [1.807, 2.05) is 47.9 Å². The van der Waals surface area contributed by atoms with Gasteiger partial charge in [-0.05, 0) is 80.9 Å². The minimum Gasteiger partial charge on any atom is -0.368 e. The molecule has 6 rings (SSSR count). The molecule has 0 bridgehead atoms. The second-order valence-electron chi connectivity index (χ2n) is 11.0. The van der Waals surface area contributed by atoms with Gasteiger partial charge in [-0.2, -0.15) is 13.2 Å². The molecule has 0 spiro atoms. The van der Waals surface area contributed by atoms with E-state index in [-0.39, 0.29) is 5.56 Å². The average molecular weight is 615 g/mol. The number of likely N-dealkylation sites (N-methyl/N-ethyl adjacent to an activating group) is 1. The Bertz CT molecular complexity index is 1840. The third-order valence-corrected chi connectivity index (χ3v) is 8.06. The van der Waals surface area contributed by atoms with Crippen LogP contribution in [0, 0.1) is 6.92 Å². The fraction of sp³-hybridized carbons (Fsp3) is 0.273. The standard InChI is InChI=1S/C33H33F3N8O/c1-3-43-15-7-10-25(43)19-37-29-18-30(39-20-38-29)44-28-12-5-4-11-26(28)41-32(44)42-27-17-24(14-13-21(27)2)40-31(45)22-8-6-9-23(16-22)33(34,35)36/h4-6,8-9,11-14,16-18,20,25H,3,7,10,15,19H2,1-2H3,(H,40,45)(H,41,42)(H,37,38,39)/t25-/m0/s1. The number of nitrogens with one attached hydrogen (secondary N) is 3. The maximum Gasteiger partial charge on any atom is 0.416 e. The smallest absolute Gasteiger partial charge is 0.368 e. The first-order valence-corrected chi connectivity index (χ1v) is 14.8. The molecule has 1 amide bonds. The van der Waals surface area contributed by atoms with Gasteiger partial charge in [-0.3, -0.25) is 14.3 Å². The highest BCUT2D eigenvalue weighted by Crippen LogP contribution is 2.31. The zero-order valence-electron chi connectivity index (χ0n) is 24.9. The van der Waals surface area contributed by atoms with Gasteiger partial charge in [0, 0.05) is 35.6 Å². The number of carbonyl (C=O) groups is 1. The fourth-order valence-electron chi connectivity index (χ4n) is 5.67. The first-order chi connectivity index (χ1) is 21.7. The summed E-state index contributed by atoms with van der Waals surface area (Å²) in [5.41, 5.74) is 2.55. The minimum atomic E-state index is -4.55. The Morgan fingerprint density at radius 1 is 1.02 bits per heavy atom. The lowest BCUT2D eigenvalue weighted by molar-refractivity contribution is -0.137. The summed E-state index contributed by atoms with van der Waals surface area (Å²) in [6, 6.07) is 19.6. The molecule has 5 aromatic rings. The molecule has 9 nitrogen and oxygen atoms in total. The van der Waals surface area contributed by atoms with Gasteiger partial charge in [0.2, 0.25) is 5.95 Å². The molecule has 3 N–H and O–H groups in total. The molecule has 1 atom stereocenters. The highest BCUT2D eigenvalue weighted by molar-refractivity contribution is 6.04. The Kier molecular flexibility index (Phi) is 8.40. The number of hydrogen-bond donors (Lipinski definition) is 3. The largest absolute Gasteiger partial charge is 0.416 e. The third kappa shape index (κ3) is 6.60. The first kappa shape index (κ1) is 30.1. The number of anilines is 4. The van der Waals surface area contributed by atoms with Crippen molar-refractivity contribution in [3.63, 3.8) is 0 Å². The van der Waals surface area contributed by atoms with Crippen LogP contribution in [0.15, 0.2) is 79.1 Å². The quantitative estimate of drug-likeness (QED) is 0.164. The monoisotopic (exact) mass is 614 g/mol. The van der Waals surface area contributed by atoms with Crippen LogP contribution in [0.25, 0.3) is 16.9 Å². The molecule has 12 heteroatoms. The molecule has 0 radical (unpaired) electrons. The van der Waals surface area contributed by atoms with Gasteiger partial charge < -0.3 is 16.0 Å². The minimum absolute atomic E-state index is 0.0924. The number of likely N-dealkylation sites (tertiary alicyclic amines) is 1. The molecule has 1 fully saturated rings. The van der Waals surface area contributed by atoms with Gasteiger partial charge in [0.05, 0.1) is 16.6 Å². The number of rotatable bonds is 9. The van der Waals surface area contributed by atoms with Gasteiger partial charge in [0.15, 0.2) is 0 Å². The first-order valence-electron chi connectivity index (χ1n) is 14.8. The molecule has 0 aliphatic carbocycles. The van der Waals surface area contributed by atoms with E-state index >= 15 is 0 Å². The molecule has 1 saturated heterocycles. The number of alkyl halides is 3. The summed E-state index contributed by atoms with van der Waals surface area (Å²) >= 11 is 0. The zero-order chi connectivity index (χ0) is 31.6. The van der Waals surface area contributed by atoms with Gasteiger partial charge in [-0.25, -0.2) is 15.0 Å². The van der Waals surface area contributed by atoms with Gasteiger partial charge in [-0.15, -0.1) is 0 Å². The summed E-state index contributed by atoms with van der Waals surface area (Å²) in [7, 11) is 0. The normalized spacial score (nSPS) is 15.4. The molecule has 232 valence electrons. The van der Waals surface area contributed by atoms with E-state index in [1.54, 1.807) is 12.1 Å². The highest BCUT2D eigenvalue weighted by atomic mass is 19.4. The summed E-state index contributed by atoms with van der Waals surface area (Å²) in [4.78, 5) is 29.2. The van der Waals surface area contributed by atoms with Crippen LogP contribution in [0.1, 0.15) is 41.3 Å². The van der Waals surface area contributed by atoms with E-state index in [4.69, 9.17) is 4.98 Å². The lowest BCUT2D eigenvalue weighted by Gasteiger charge is -2.23. The van der Waals surface area contributed by atoms with Crippen LogP contribution in [0.4, 0.5) is 36.3 Å². The van der Waals surface area contributed by atoms with E-state index in [9.17, 15) is 18.0 Å². The summed E-state index contributed by atoms with van der Waals surface area (Å²) in [5, 5.41) is 9.58. The molecule has 0 saturated carbocycles. The number of para-hydroxylation sites is 2. The SMILES string of the molecule is CCN1CCC[C@H]1CNc1cc(-n2c(Nc3cc(NC(=O)c4cccc(C(F)(F)F)c4)ccc3C)nc3ccccc32)ncn1. The summed E-state index contributed by atoms with van der Waals surface area (Å²) in [6.07, 6.45) is -0.675. The van der Waals surface area contributed by atoms with Gasteiger partial charge in [0.1, 0.15) is 18.0 Å². The van der Waals surface area contributed by atoms with Crippen LogP contribution in [-0.2, 0) is 6.18 Å². The van der Waals surface area contributed by atoms with E-state index in [1.165, 1.54) is 24.9 Å². The van der Waals surface area contributed by atoms with Crippen molar-refractivity contribution in [1.29, 1.82) is 0 Å². The number of aromatic nitrogens is 4. The molecule has 1 aliphatic heterocycles. The molecule has 45 heavy (non-hydrogen) atoms. The van der Waals surface area contributed by atoms with Crippen molar-refractivity contribution in [2.75, 3.05) is 35.6 Å². The number of benzene rings is 3. The Morgan fingerprint density at radius 2 is 1.87 bits per heavy atom. The van der Waals surface area contributed by atoms with E-state index in [0.29, 0.717) is 35.0 Å². The van der Waals surface area contributed by atoms with Gasteiger partial charge in [-0.1, -0.05) is 31.2 Å². The van der Waals surface area contributed by atoms with Crippen molar-refractivity contribution in [2.45, 2.75) is 38.9 Å². The molecule has 3 aromatic carbocycles. The summed E-state index contributed by atoms with van der Waals surface area (Å²) in [5.74, 6) is 1.18. The number of aryl methyl sites for hydroxylation is 1. The second kappa shape index (κ2) is 12.6. The van der Waals surface area contributed by atoms with E-state index in [0.717, 1.165) is 54.8 Å². The van der Waals surface area contributed by atoms with Crippen molar-refractivity contribution in [3.8, 4) is 5.82 Å². The van der Waals surface area contributed by atoms with Crippen molar-refractivity contribution >= 4 is 40.1 Å². The van der Waals surface area contributed by atoms with Crippen LogP contribution in [0.2, 0.25) is 0 Å². The highest BCUT2D eigenvalue weighted by Gasteiger charge is 2.31. The average Bonchev–Trinajstić information content (AvgIpc) is 3.65. The maximum absolute atomic E-state index is 13.2. The van der Waals surface area contributed by atoms with Crippen molar-refractivity contribution in [1.82, 2.24) is 24.4 Å². The topological polar surface area (TPSA) is 100 Å². The van der Waals surface area contributed by atoms with Crippen LogP contribution in [0.5, 0.6) is 0 Å². The molecule has 0 unspecified atom stereocenters. The van der Waals surface area contributed by atoms with Crippen LogP contribution >= 0.6 is 0 Å². The maximum atomic E-state index is 13.2. The summed E-state index contributed by atoms with van der Waals surface area (Å²) in [6.45, 7) is 7.01. The van der Waals surface area contributed by atoms with E-state index < -0.39 is 17.6 Å². The number of nitrogens with zero attached hydrogens (tertiary/aromatic N) is 5. The molecular weight excluding hydrogens is 581 g/mol. The molecule has 1 aliphatic rings. The number of imidazole rings is 1. The Labute approximate surface area is 258 Å². The number of fused-ring (bicyclic) bond motifs is 1. The fourth-order valence-corrected chi connectivity index (χ4v) is 5.67. The molecule has 3 heterocycles. The van der Waals surface area contributed by atoms with Crippen molar-refractivity contribution in [3.05, 3.63) is 95.8 Å². The van der Waals surface area contributed by atoms with Crippen molar-refractivity contribution < 1.29 is 18.0 Å². The lowest BCUT2D eigenvalue weighted by atomic mass is 10.1. The predicted octanol–water partition coefficient (Wildman–Crippen LogP) is 7.03. The Balaban J connectivity index is 1.27. The third-order valence-electron chi connectivity index (χ3n) is 8.06. The number of hydrogen-bond acceptors (Lipinski definition) is 7. The van der Waals surface area contributed by atoms with Gasteiger partial charge >= 0.3 is 6.18 Å². The molecule has 2 aromatic heterocycles. The number of halogens is 3. The predicted molar refractivity (Wildman–Crippen MR) is 169 cm³/mol. The van der Waals surface area contributed by atoms with Crippen LogP contribution in [0.3, 0.4) is 0 Å². The summed E-state index contributed by atoms with van der Waals surface area (Å²) < 4.78 is 41.5.